The van der Waals surface area contributed by atoms with Crippen LogP contribution >= 0.6 is 0 Å². The molecule has 0 saturated carbocycles. The fraction of sp³-hybridized carbons (Fsp3) is 0.355. The fourth-order valence-electron chi connectivity index (χ4n) is 4.83. The molecule has 0 radical (unpaired) electrons. The van der Waals surface area contributed by atoms with E-state index in [9.17, 15) is 9.18 Å². The average Bonchev–Trinajstić information content (AvgIpc) is 3.35. The normalized spacial score (nSPS) is 15.7. The summed E-state index contributed by atoms with van der Waals surface area (Å²) >= 11 is 0. The molecule has 5 rings (SSSR count). The number of ether oxygens (including phenoxy) is 2. The van der Waals surface area contributed by atoms with E-state index < -0.39 is 5.60 Å². The van der Waals surface area contributed by atoms with E-state index >= 15 is 0 Å². The number of amides is 1. The van der Waals surface area contributed by atoms with Gasteiger partial charge in [0.1, 0.15) is 23.3 Å². The van der Waals surface area contributed by atoms with Gasteiger partial charge in [0.05, 0.1) is 23.4 Å². The number of nitrogens with zero attached hydrogens (tertiary/aromatic N) is 5. The number of rotatable bonds is 5. The molecule has 1 fully saturated rings. The summed E-state index contributed by atoms with van der Waals surface area (Å²) in [6, 6.07) is 14.1. The molecule has 2 aromatic carbocycles. The van der Waals surface area contributed by atoms with Gasteiger partial charge in [-0.3, -0.25) is 4.90 Å². The van der Waals surface area contributed by atoms with E-state index in [1.165, 1.54) is 12.1 Å². The predicted octanol–water partition coefficient (Wildman–Crippen LogP) is 7.47. The molecule has 40 heavy (non-hydrogen) atoms. The highest BCUT2D eigenvalue weighted by atomic mass is 19.1. The number of likely N-dealkylation sites (tertiary alicyclic amines) is 1. The topological polar surface area (TPSA) is 82.4 Å². The highest BCUT2D eigenvalue weighted by Crippen LogP contribution is 2.37. The SMILES string of the molecule is Cc1ccc(C)c(Oc2nccc(-c3c(-c4ccc(F)cc4)ncn3C3CCCCN3C(=O)OC(C)(C)C)n2)c1. The van der Waals surface area contributed by atoms with Gasteiger partial charge in [-0.25, -0.2) is 19.2 Å². The number of aromatic nitrogens is 4. The zero-order chi connectivity index (χ0) is 28.4. The summed E-state index contributed by atoms with van der Waals surface area (Å²) in [5.41, 5.74) is 4.00. The molecule has 0 N–H and O–H groups in total. The summed E-state index contributed by atoms with van der Waals surface area (Å²) in [5.74, 6) is 0.340. The largest absolute Gasteiger partial charge is 0.444 e. The van der Waals surface area contributed by atoms with Gasteiger partial charge in [0.15, 0.2) is 0 Å². The lowest BCUT2D eigenvalue weighted by molar-refractivity contribution is -0.000908. The van der Waals surface area contributed by atoms with Gasteiger partial charge in [-0.2, -0.15) is 4.98 Å². The van der Waals surface area contributed by atoms with Crippen molar-refractivity contribution in [1.82, 2.24) is 24.4 Å². The summed E-state index contributed by atoms with van der Waals surface area (Å²) < 4.78 is 27.6. The van der Waals surface area contributed by atoms with Crippen molar-refractivity contribution in [2.24, 2.45) is 0 Å². The van der Waals surface area contributed by atoms with E-state index in [4.69, 9.17) is 19.4 Å². The number of piperidine rings is 1. The lowest BCUT2D eigenvalue weighted by Gasteiger charge is -2.38. The van der Waals surface area contributed by atoms with Crippen LogP contribution in [0.1, 0.15) is 57.3 Å². The Bertz CT molecular complexity index is 1510. The van der Waals surface area contributed by atoms with E-state index in [-0.39, 0.29) is 24.1 Å². The van der Waals surface area contributed by atoms with Crippen LogP contribution < -0.4 is 4.74 Å². The molecule has 1 atom stereocenters. The zero-order valence-corrected chi connectivity index (χ0v) is 23.5. The third kappa shape index (κ3) is 5.98. The standard InChI is InChI=1S/C31H34FN5O3/c1-20-9-10-21(2)25(18-20)39-29-33-16-15-24(35-29)28-27(22-11-13-23(32)14-12-22)34-19-37(28)26-8-6-7-17-36(26)30(38)40-31(3,4)5/h9-16,18-19,26H,6-8,17H2,1-5H3. The fourth-order valence-corrected chi connectivity index (χ4v) is 4.83. The van der Waals surface area contributed by atoms with Gasteiger partial charge < -0.3 is 14.0 Å². The molecular formula is C31H34FN5O3. The molecule has 2 aromatic heterocycles. The number of hydrogen-bond donors (Lipinski definition) is 0. The number of aryl methyl sites for hydroxylation is 2. The molecule has 1 unspecified atom stereocenters. The monoisotopic (exact) mass is 543 g/mol. The Labute approximate surface area is 233 Å². The molecule has 3 heterocycles. The second kappa shape index (κ2) is 11.1. The van der Waals surface area contributed by atoms with Crippen LogP contribution in [0, 0.1) is 19.7 Å². The number of halogens is 1. The second-order valence-corrected chi connectivity index (χ2v) is 11.1. The van der Waals surface area contributed by atoms with Crippen molar-refractivity contribution in [2.75, 3.05) is 6.54 Å². The maximum atomic E-state index is 13.8. The Balaban J connectivity index is 1.60. The van der Waals surface area contributed by atoms with Crippen LogP contribution in [0.4, 0.5) is 9.18 Å². The van der Waals surface area contributed by atoms with Gasteiger partial charge >= 0.3 is 12.1 Å². The molecule has 0 bridgehead atoms. The first-order valence-electron chi connectivity index (χ1n) is 13.5. The maximum absolute atomic E-state index is 13.8. The first-order valence-corrected chi connectivity index (χ1v) is 13.5. The van der Waals surface area contributed by atoms with Crippen molar-refractivity contribution in [3.63, 3.8) is 0 Å². The van der Waals surface area contributed by atoms with E-state index in [0.29, 0.717) is 29.4 Å². The van der Waals surface area contributed by atoms with E-state index in [1.54, 1.807) is 35.6 Å². The number of imidazole rings is 1. The van der Waals surface area contributed by atoms with Crippen molar-refractivity contribution in [3.8, 4) is 34.4 Å². The molecule has 4 aromatic rings. The van der Waals surface area contributed by atoms with E-state index in [1.807, 2.05) is 57.4 Å². The quantitative estimate of drug-likeness (QED) is 0.260. The summed E-state index contributed by atoms with van der Waals surface area (Å²) in [4.78, 5) is 28.9. The minimum absolute atomic E-state index is 0.191. The lowest BCUT2D eigenvalue weighted by Crippen LogP contribution is -2.44. The predicted molar refractivity (Wildman–Crippen MR) is 150 cm³/mol. The van der Waals surface area contributed by atoms with Crippen LogP contribution in [-0.2, 0) is 4.74 Å². The molecule has 1 aliphatic rings. The van der Waals surface area contributed by atoms with Crippen molar-refractivity contribution >= 4 is 6.09 Å². The third-order valence-electron chi connectivity index (χ3n) is 6.75. The summed E-state index contributed by atoms with van der Waals surface area (Å²) in [7, 11) is 0. The van der Waals surface area contributed by atoms with Gasteiger partial charge in [0.2, 0.25) is 0 Å². The molecule has 1 aliphatic heterocycles. The van der Waals surface area contributed by atoms with Gasteiger partial charge in [0, 0.05) is 18.3 Å². The van der Waals surface area contributed by atoms with Crippen LogP contribution in [0.25, 0.3) is 22.6 Å². The molecule has 8 nitrogen and oxygen atoms in total. The molecule has 9 heteroatoms. The van der Waals surface area contributed by atoms with Gasteiger partial charge in [0.25, 0.3) is 0 Å². The van der Waals surface area contributed by atoms with Gasteiger partial charge in [-0.15, -0.1) is 0 Å². The van der Waals surface area contributed by atoms with Crippen LogP contribution in [0.15, 0.2) is 61.1 Å². The van der Waals surface area contributed by atoms with Crippen LogP contribution in [-0.4, -0.2) is 42.7 Å². The first kappa shape index (κ1) is 27.3. The number of benzene rings is 2. The van der Waals surface area contributed by atoms with Crippen molar-refractivity contribution < 1.29 is 18.7 Å². The summed E-state index contributed by atoms with van der Waals surface area (Å²) in [6.45, 7) is 10.1. The number of carbonyl (C=O) groups excluding carboxylic acids is 1. The number of carbonyl (C=O) groups is 1. The lowest BCUT2D eigenvalue weighted by atomic mass is 10.1. The highest BCUT2D eigenvalue weighted by Gasteiger charge is 2.34. The number of hydrogen-bond acceptors (Lipinski definition) is 6. The minimum atomic E-state index is -0.622. The smallest absolute Gasteiger partial charge is 0.411 e. The van der Waals surface area contributed by atoms with Crippen LogP contribution in [0.3, 0.4) is 0 Å². The Hall–Kier alpha value is -4.27. The van der Waals surface area contributed by atoms with E-state index in [2.05, 4.69) is 4.98 Å². The third-order valence-corrected chi connectivity index (χ3v) is 6.75. The molecule has 0 spiro atoms. The van der Waals surface area contributed by atoms with E-state index in [0.717, 1.165) is 36.0 Å². The Morgan fingerprint density at radius 2 is 1.80 bits per heavy atom. The van der Waals surface area contributed by atoms with Crippen molar-refractivity contribution in [3.05, 3.63) is 78.0 Å². The minimum Gasteiger partial charge on any atom is -0.444 e. The highest BCUT2D eigenvalue weighted by molar-refractivity contribution is 5.77. The molecule has 1 saturated heterocycles. The molecular weight excluding hydrogens is 509 g/mol. The summed E-state index contributed by atoms with van der Waals surface area (Å²) in [5, 5.41) is 0. The Kier molecular flexibility index (Phi) is 7.56. The molecule has 208 valence electrons. The van der Waals surface area contributed by atoms with Crippen LogP contribution in [0.2, 0.25) is 0 Å². The average molecular weight is 544 g/mol. The molecule has 0 aliphatic carbocycles. The van der Waals surface area contributed by atoms with Crippen molar-refractivity contribution in [1.29, 1.82) is 0 Å². The first-order chi connectivity index (χ1) is 19.1. The Morgan fingerprint density at radius 1 is 1.02 bits per heavy atom. The summed E-state index contributed by atoms with van der Waals surface area (Å²) in [6.07, 6.45) is 5.20. The maximum Gasteiger partial charge on any atom is 0.411 e. The Morgan fingerprint density at radius 3 is 2.55 bits per heavy atom. The van der Waals surface area contributed by atoms with Crippen LogP contribution in [0.5, 0.6) is 11.8 Å². The zero-order valence-electron chi connectivity index (χ0n) is 23.5. The second-order valence-electron chi connectivity index (χ2n) is 11.1. The van der Waals surface area contributed by atoms with Gasteiger partial charge in [-0.1, -0.05) is 12.1 Å². The van der Waals surface area contributed by atoms with Crippen molar-refractivity contribution in [2.45, 2.75) is 65.6 Å². The molecule has 1 amide bonds. The van der Waals surface area contributed by atoms with Gasteiger partial charge in [-0.05, 0) is 101 Å².